The number of rotatable bonds is 3. The van der Waals surface area contributed by atoms with Crippen LogP contribution in [0.4, 0.5) is 11.4 Å². The molecule has 2 heterocycles. The van der Waals surface area contributed by atoms with Crippen molar-refractivity contribution < 1.29 is 14.5 Å². The van der Waals surface area contributed by atoms with Crippen LogP contribution in [0.1, 0.15) is 19.0 Å². The molecule has 2 aromatic rings. The average molecular weight is 315 g/mol. The van der Waals surface area contributed by atoms with Crippen LogP contribution in [0.3, 0.4) is 0 Å². The molecule has 23 heavy (non-hydrogen) atoms. The van der Waals surface area contributed by atoms with Crippen molar-refractivity contribution in [3.05, 3.63) is 40.1 Å². The van der Waals surface area contributed by atoms with E-state index in [-0.39, 0.29) is 23.6 Å². The Hall–Kier alpha value is -2.54. The van der Waals surface area contributed by atoms with E-state index in [2.05, 4.69) is 10.3 Å². The largest absolute Gasteiger partial charge is 0.378 e. The van der Waals surface area contributed by atoms with Gasteiger partial charge < -0.3 is 10.1 Å². The van der Waals surface area contributed by atoms with Crippen LogP contribution in [0.25, 0.3) is 10.9 Å². The highest BCUT2D eigenvalue weighted by molar-refractivity contribution is 6.02. The van der Waals surface area contributed by atoms with Crippen molar-refractivity contribution in [1.29, 1.82) is 0 Å². The van der Waals surface area contributed by atoms with E-state index in [1.54, 1.807) is 12.1 Å². The second-order valence-electron chi connectivity index (χ2n) is 5.73. The summed E-state index contributed by atoms with van der Waals surface area (Å²) >= 11 is 0. The molecule has 3 rings (SSSR count). The molecule has 1 aromatic heterocycles. The number of hydrogen-bond acceptors (Lipinski definition) is 5. The molecule has 0 aliphatic carbocycles. The molecule has 0 bridgehead atoms. The van der Waals surface area contributed by atoms with E-state index >= 15 is 0 Å². The number of fused-ring (bicyclic) bond motifs is 1. The number of amides is 1. The van der Waals surface area contributed by atoms with Gasteiger partial charge in [-0.3, -0.25) is 19.9 Å². The first-order chi connectivity index (χ1) is 11.0. The zero-order valence-corrected chi connectivity index (χ0v) is 12.9. The number of carbonyl (C=O) groups is 1. The number of nitro benzene ring substituents is 1. The number of nitro groups is 1. The number of benzene rings is 1. The van der Waals surface area contributed by atoms with Gasteiger partial charge in [-0.15, -0.1) is 0 Å². The lowest BCUT2D eigenvalue weighted by Crippen LogP contribution is -2.27. The molecule has 1 aliphatic heterocycles. The predicted octanol–water partition coefficient (Wildman–Crippen LogP) is 2.81. The first kappa shape index (κ1) is 15.4. The molecular formula is C16H17N3O4. The minimum atomic E-state index is -0.461. The highest BCUT2D eigenvalue weighted by Gasteiger charge is 2.31. The van der Waals surface area contributed by atoms with E-state index in [4.69, 9.17) is 4.74 Å². The highest BCUT2D eigenvalue weighted by atomic mass is 16.6. The minimum absolute atomic E-state index is 0.0313. The minimum Gasteiger partial charge on any atom is -0.378 e. The van der Waals surface area contributed by atoms with Gasteiger partial charge in [-0.05, 0) is 32.4 Å². The van der Waals surface area contributed by atoms with Gasteiger partial charge in [0.2, 0.25) is 5.91 Å². The number of pyridine rings is 1. The van der Waals surface area contributed by atoms with Crippen molar-refractivity contribution in [2.24, 2.45) is 5.92 Å². The number of aromatic nitrogens is 1. The SMILES string of the molecule is Cc1cc(NC(=O)C2CCOC2C)c2cc([N+](=O)[O-])ccc2n1. The molecule has 7 heteroatoms. The van der Waals surface area contributed by atoms with Crippen molar-refractivity contribution >= 4 is 28.2 Å². The van der Waals surface area contributed by atoms with Crippen LogP contribution >= 0.6 is 0 Å². The second-order valence-corrected chi connectivity index (χ2v) is 5.73. The molecule has 2 atom stereocenters. The lowest BCUT2D eigenvalue weighted by atomic mass is 10.0. The van der Waals surface area contributed by atoms with Gasteiger partial charge in [0, 0.05) is 29.8 Å². The Bertz CT molecular complexity index is 790. The van der Waals surface area contributed by atoms with Gasteiger partial charge in [0.05, 0.1) is 28.1 Å². The molecule has 2 unspecified atom stereocenters. The van der Waals surface area contributed by atoms with E-state index in [1.165, 1.54) is 12.1 Å². The van der Waals surface area contributed by atoms with Gasteiger partial charge in [0.15, 0.2) is 0 Å². The summed E-state index contributed by atoms with van der Waals surface area (Å²) in [6.45, 7) is 4.26. The molecule has 0 radical (unpaired) electrons. The maximum Gasteiger partial charge on any atom is 0.270 e. The highest BCUT2D eigenvalue weighted by Crippen LogP contribution is 2.29. The maximum absolute atomic E-state index is 12.5. The summed E-state index contributed by atoms with van der Waals surface area (Å²) < 4.78 is 5.42. The van der Waals surface area contributed by atoms with Crippen LogP contribution in [-0.4, -0.2) is 28.5 Å². The summed E-state index contributed by atoms with van der Waals surface area (Å²) in [6.07, 6.45) is 0.549. The lowest BCUT2D eigenvalue weighted by Gasteiger charge is -2.15. The number of carbonyl (C=O) groups excluding carboxylic acids is 1. The standard InChI is InChI=1S/C16H17N3O4/c1-9-7-15(18-16(20)12-5-6-23-10(12)2)13-8-11(19(21)22)3-4-14(13)17-9/h3-4,7-8,10,12H,5-6H2,1-2H3,(H,17,18,20). The quantitative estimate of drug-likeness (QED) is 0.694. The molecule has 0 saturated carbocycles. The average Bonchev–Trinajstić information content (AvgIpc) is 2.92. The van der Waals surface area contributed by atoms with E-state index < -0.39 is 4.92 Å². The zero-order chi connectivity index (χ0) is 16.6. The van der Waals surface area contributed by atoms with Crippen molar-refractivity contribution in [2.45, 2.75) is 26.4 Å². The van der Waals surface area contributed by atoms with E-state index in [0.717, 1.165) is 5.69 Å². The normalized spacial score (nSPS) is 20.6. The van der Waals surface area contributed by atoms with Crippen molar-refractivity contribution in [3.8, 4) is 0 Å². The van der Waals surface area contributed by atoms with Crippen LogP contribution in [0, 0.1) is 23.0 Å². The Labute approximate surface area is 132 Å². The van der Waals surface area contributed by atoms with Crippen molar-refractivity contribution in [3.63, 3.8) is 0 Å². The van der Waals surface area contributed by atoms with Crippen LogP contribution in [0.2, 0.25) is 0 Å². The van der Waals surface area contributed by atoms with Crippen LogP contribution in [0.5, 0.6) is 0 Å². The van der Waals surface area contributed by atoms with Crippen LogP contribution in [-0.2, 0) is 9.53 Å². The third-order valence-corrected chi connectivity index (χ3v) is 4.10. The van der Waals surface area contributed by atoms with Gasteiger partial charge in [-0.2, -0.15) is 0 Å². The number of anilines is 1. The summed E-state index contributed by atoms with van der Waals surface area (Å²) in [4.78, 5) is 27.3. The summed E-state index contributed by atoms with van der Waals surface area (Å²) in [7, 11) is 0. The third-order valence-electron chi connectivity index (χ3n) is 4.10. The number of nitrogens with zero attached hydrogens (tertiary/aromatic N) is 2. The monoisotopic (exact) mass is 315 g/mol. The Morgan fingerprint density at radius 2 is 2.22 bits per heavy atom. The van der Waals surface area contributed by atoms with Gasteiger partial charge in [-0.25, -0.2) is 0 Å². The smallest absolute Gasteiger partial charge is 0.270 e. The Kier molecular flexibility index (Phi) is 3.96. The van der Waals surface area contributed by atoms with E-state index in [1.807, 2.05) is 13.8 Å². The first-order valence-corrected chi connectivity index (χ1v) is 7.44. The van der Waals surface area contributed by atoms with E-state index in [9.17, 15) is 14.9 Å². The topological polar surface area (TPSA) is 94.4 Å². The summed E-state index contributed by atoms with van der Waals surface area (Å²) in [6, 6.07) is 6.17. The Morgan fingerprint density at radius 3 is 2.87 bits per heavy atom. The number of hydrogen-bond donors (Lipinski definition) is 1. The van der Waals surface area contributed by atoms with Gasteiger partial charge in [0.1, 0.15) is 0 Å². The Balaban J connectivity index is 1.99. The summed E-state index contributed by atoms with van der Waals surface area (Å²) in [5, 5.41) is 14.4. The van der Waals surface area contributed by atoms with Crippen molar-refractivity contribution in [1.82, 2.24) is 4.98 Å². The molecule has 1 amide bonds. The first-order valence-electron chi connectivity index (χ1n) is 7.44. The fraction of sp³-hybridized carbons (Fsp3) is 0.375. The molecule has 120 valence electrons. The Morgan fingerprint density at radius 1 is 1.43 bits per heavy atom. The lowest BCUT2D eigenvalue weighted by molar-refractivity contribution is -0.384. The fourth-order valence-corrected chi connectivity index (χ4v) is 2.86. The molecule has 0 spiro atoms. The second kappa shape index (κ2) is 5.92. The zero-order valence-electron chi connectivity index (χ0n) is 12.9. The summed E-state index contributed by atoms with van der Waals surface area (Å²) in [5.74, 6) is -0.342. The molecule has 1 aromatic carbocycles. The molecule has 1 aliphatic rings. The number of aryl methyl sites for hydroxylation is 1. The predicted molar refractivity (Wildman–Crippen MR) is 85.3 cm³/mol. The van der Waals surface area contributed by atoms with Gasteiger partial charge in [-0.1, -0.05) is 0 Å². The maximum atomic E-state index is 12.5. The number of nitrogens with one attached hydrogen (secondary N) is 1. The summed E-state index contributed by atoms with van der Waals surface area (Å²) in [5.41, 5.74) is 1.86. The number of ether oxygens (including phenoxy) is 1. The number of non-ortho nitro benzene ring substituents is 1. The molecule has 1 N–H and O–H groups in total. The molecular weight excluding hydrogens is 298 g/mol. The van der Waals surface area contributed by atoms with Gasteiger partial charge >= 0.3 is 0 Å². The third kappa shape index (κ3) is 3.00. The molecule has 1 fully saturated rings. The molecule has 1 saturated heterocycles. The fourth-order valence-electron chi connectivity index (χ4n) is 2.86. The van der Waals surface area contributed by atoms with Crippen molar-refractivity contribution in [2.75, 3.05) is 11.9 Å². The molecule has 7 nitrogen and oxygen atoms in total. The van der Waals surface area contributed by atoms with Gasteiger partial charge in [0.25, 0.3) is 5.69 Å². The van der Waals surface area contributed by atoms with Crippen LogP contribution in [0.15, 0.2) is 24.3 Å². The van der Waals surface area contributed by atoms with E-state index in [0.29, 0.717) is 29.6 Å². The van der Waals surface area contributed by atoms with Crippen LogP contribution < -0.4 is 5.32 Å².